The summed E-state index contributed by atoms with van der Waals surface area (Å²) in [5.41, 5.74) is 1.46. The molecular weight excluding hydrogens is 218 g/mol. The number of nitrogens with zero attached hydrogens (tertiary/aromatic N) is 1. The Hall–Kier alpha value is -0.300. The van der Waals surface area contributed by atoms with E-state index in [2.05, 4.69) is 47.6 Å². The van der Waals surface area contributed by atoms with Crippen LogP contribution in [0, 0.1) is 5.92 Å². The molecule has 18 heavy (non-hydrogen) atoms. The van der Waals surface area contributed by atoms with Gasteiger partial charge >= 0.3 is 0 Å². The second-order valence-corrected chi connectivity index (χ2v) is 6.17. The van der Waals surface area contributed by atoms with E-state index < -0.39 is 0 Å². The fourth-order valence-electron chi connectivity index (χ4n) is 2.74. The average Bonchev–Trinajstić information content (AvgIpc) is 2.34. The van der Waals surface area contributed by atoms with Crippen LogP contribution in [0.25, 0.3) is 0 Å². The van der Waals surface area contributed by atoms with Crippen molar-refractivity contribution in [3.05, 3.63) is 11.6 Å². The molecule has 0 fully saturated rings. The van der Waals surface area contributed by atoms with Crippen LogP contribution in [0.1, 0.15) is 67.2 Å². The number of quaternary nitrogens is 1. The zero-order chi connectivity index (χ0) is 14.0. The zero-order valence-electron chi connectivity index (χ0n) is 13.8. The molecule has 0 saturated carbocycles. The monoisotopic (exact) mass is 254 g/mol. The van der Waals surface area contributed by atoms with Crippen molar-refractivity contribution in [2.24, 2.45) is 5.92 Å². The lowest BCUT2D eigenvalue weighted by Gasteiger charge is -2.37. The Labute approximate surface area is 116 Å². The summed E-state index contributed by atoms with van der Waals surface area (Å²) in [7, 11) is 0. The summed E-state index contributed by atoms with van der Waals surface area (Å²) in [5, 5.41) is 0. The number of hydrogen-bond donors (Lipinski definition) is 0. The minimum absolute atomic E-state index is 0.869. The molecule has 0 aromatic heterocycles. The Morgan fingerprint density at radius 1 is 1.00 bits per heavy atom. The summed E-state index contributed by atoms with van der Waals surface area (Å²) in [4.78, 5) is 0. The molecule has 0 radical (unpaired) electrons. The molecule has 0 N–H and O–H groups in total. The largest absolute Gasteiger partial charge is 0.324 e. The van der Waals surface area contributed by atoms with Crippen molar-refractivity contribution in [3.8, 4) is 0 Å². The van der Waals surface area contributed by atoms with Crippen molar-refractivity contribution in [1.29, 1.82) is 0 Å². The third kappa shape index (κ3) is 7.20. The predicted molar refractivity (Wildman–Crippen MR) is 83.8 cm³/mol. The molecule has 0 amide bonds. The van der Waals surface area contributed by atoms with Crippen LogP contribution >= 0.6 is 0 Å². The molecule has 0 spiro atoms. The highest BCUT2D eigenvalue weighted by atomic mass is 15.3. The van der Waals surface area contributed by atoms with Crippen LogP contribution in [-0.4, -0.2) is 30.7 Å². The van der Waals surface area contributed by atoms with E-state index in [0.29, 0.717) is 0 Å². The van der Waals surface area contributed by atoms with Gasteiger partial charge in [0.25, 0.3) is 0 Å². The lowest BCUT2D eigenvalue weighted by molar-refractivity contribution is -0.925. The van der Waals surface area contributed by atoms with E-state index in [-0.39, 0.29) is 0 Å². The minimum atomic E-state index is 0.869. The number of rotatable bonds is 10. The molecule has 0 heterocycles. The highest BCUT2D eigenvalue weighted by molar-refractivity contribution is 4.92. The fraction of sp³-hybridized carbons (Fsp3) is 0.882. The maximum Gasteiger partial charge on any atom is 0.0789 e. The van der Waals surface area contributed by atoms with Crippen molar-refractivity contribution in [1.82, 2.24) is 0 Å². The van der Waals surface area contributed by atoms with E-state index in [1.807, 2.05) is 0 Å². The van der Waals surface area contributed by atoms with Crippen molar-refractivity contribution in [3.63, 3.8) is 0 Å². The summed E-state index contributed by atoms with van der Waals surface area (Å²) in [6, 6.07) is 0. The van der Waals surface area contributed by atoms with Crippen molar-refractivity contribution in [2.45, 2.75) is 67.2 Å². The van der Waals surface area contributed by atoms with Gasteiger partial charge in [-0.05, 0) is 59.3 Å². The van der Waals surface area contributed by atoms with Crippen LogP contribution in [0.15, 0.2) is 11.6 Å². The first-order valence-electron chi connectivity index (χ1n) is 7.98. The van der Waals surface area contributed by atoms with Gasteiger partial charge in [0.15, 0.2) is 0 Å². The molecule has 1 nitrogen and oxygen atoms in total. The summed E-state index contributed by atoms with van der Waals surface area (Å²) in [6.07, 6.45) is 7.69. The van der Waals surface area contributed by atoms with Gasteiger partial charge in [0.2, 0.25) is 0 Å². The SMILES string of the molecule is CCC[N+](CC)(CC)CC[C@@H](C)CCC=C(C)C. The summed E-state index contributed by atoms with van der Waals surface area (Å²) >= 11 is 0. The van der Waals surface area contributed by atoms with Crippen LogP contribution in [0.3, 0.4) is 0 Å². The van der Waals surface area contributed by atoms with Crippen LogP contribution in [-0.2, 0) is 0 Å². The van der Waals surface area contributed by atoms with Crippen LogP contribution in [0.5, 0.6) is 0 Å². The molecule has 0 unspecified atom stereocenters. The predicted octanol–water partition coefficient (Wildman–Crippen LogP) is 5.03. The maximum absolute atomic E-state index is 2.42. The molecule has 0 rings (SSSR count). The van der Waals surface area contributed by atoms with Gasteiger partial charge < -0.3 is 4.48 Å². The molecule has 0 saturated heterocycles. The van der Waals surface area contributed by atoms with E-state index in [0.717, 1.165) is 5.92 Å². The Morgan fingerprint density at radius 2 is 1.61 bits per heavy atom. The van der Waals surface area contributed by atoms with Crippen LogP contribution in [0.2, 0.25) is 0 Å². The maximum atomic E-state index is 2.42. The first-order chi connectivity index (χ1) is 8.49. The third-order valence-corrected chi connectivity index (χ3v) is 4.35. The summed E-state index contributed by atoms with van der Waals surface area (Å²) < 4.78 is 1.32. The Bertz CT molecular complexity index is 222. The second kappa shape index (κ2) is 9.61. The van der Waals surface area contributed by atoms with Gasteiger partial charge in [-0.2, -0.15) is 0 Å². The first-order valence-corrected chi connectivity index (χ1v) is 7.98. The number of allylic oxidation sites excluding steroid dienone is 2. The third-order valence-electron chi connectivity index (χ3n) is 4.35. The van der Waals surface area contributed by atoms with E-state index in [4.69, 9.17) is 0 Å². The molecule has 108 valence electrons. The molecular formula is C17H36N+. The Kier molecular flexibility index (Phi) is 9.45. The lowest BCUT2D eigenvalue weighted by Crippen LogP contribution is -2.49. The van der Waals surface area contributed by atoms with Gasteiger partial charge in [-0.25, -0.2) is 0 Å². The molecule has 0 aliphatic heterocycles. The van der Waals surface area contributed by atoms with Gasteiger partial charge in [-0.1, -0.05) is 25.5 Å². The zero-order valence-corrected chi connectivity index (χ0v) is 13.8. The topological polar surface area (TPSA) is 0 Å². The van der Waals surface area contributed by atoms with E-state index in [1.54, 1.807) is 0 Å². The van der Waals surface area contributed by atoms with Crippen LogP contribution in [0.4, 0.5) is 0 Å². The standard InChI is InChI=1S/C17H36N/c1-7-14-18(8-2,9-3)15-13-17(6)12-10-11-16(4)5/h11,17H,7-10,12-15H2,1-6H3/q+1/t17-/m0/s1. The Balaban J connectivity index is 4.06. The molecule has 0 aromatic carbocycles. The van der Waals surface area contributed by atoms with Gasteiger partial charge in [0, 0.05) is 0 Å². The highest BCUT2D eigenvalue weighted by Crippen LogP contribution is 2.17. The smallest absolute Gasteiger partial charge is 0.0789 e. The summed E-state index contributed by atoms with van der Waals surface area (Å²) in [5.74, 6) is 0.869. The first kappa shape index (κ1) is 17.7. The molecule has 0 aliphatic rings. The van der Waals surface area contributed by atoms with E-state index in [1.165, 1.54) is 61.9 Å². The van der Waals surface area contributed by atoms with Crippen LogP contribution < -0.4 is 0 Å². The molecule has 0 aliphatic carbocycles. The van der Waals surface area contributed by atoms with Gasteiger partial charge in [0.05, 0.1) is 26.2 Å². The fourth-order valence-corrected chi connectivity index (χ4v) is 2.74. The van der Waals surface area contributed by atoms with E-state index in [9.17, 15) is 0 Å². The minimum Gasteiger partial charge on any atom is -0.324 e. The van der Waals surface area contributed by atoms with Crippen molar-refractivity contribution >= 4 is 0 Å². The molecule has 0 aromatic rings. The molecule has 1 atom stereocenters. The average molecular weight is 254 g/mol. The normalized spacial score (nSPS) is 13.4. The van der Waals surface area contributed by atoms with Crippen molar-refractivity contribution < 1.29 is 4.48 Å². The van der Waals surface area contributed by atoms with Gasteiger partial charge in [0.1, 0.15) is 0 Å². The van der Waals surface area contributed by atoms with Gasteiger partial charge in [-0.15, -0.1) is 0 Å². The molecule has 1 heteroatoms. The second-order valence-electron chi connectivity index (χ2n) is 6.17. The summed E-state index contributed by atoms with van der Waals surface area (Å²) in [6.45, 7) is 19.2. The Morgan fingerprint density at radius 3 is 2.06 bits per heavy atom. The molecule has 0 bridgehead atoms. The lowest BCUT2D eigenvalue weighted by atomic mass is 10.00. The number of hydrogen-bond acceptors (Lipinski definition) is 0. The highest BCUT2D eigenvalue weighted by Gasteiger charge is 2.22. The van der Waals surface area contributed by atoms with Gasteiger partial charge in [-0.3, -0.25) is 0 Å². The van der Waals surface area contributed by atoms with E-state index >= 15 is 0 Å². The van der Waals surface area contributed by atoms with Crippen molar-refractivity contribution in [2.75, 3.05) is 26.2 Å². The quantitative estimate of drug-likeness (QED) is 0.379.